The van der Waals surface area contributed by atoms with Crippen LogP contribution in [0.1, 0.15) is 27.2 Å². The molecule has 2 rings (SSSR count). The first-order valence-corrected chi connectivity index (χ1v) is 8.45. The van der Waals surface area contributed by atoms with Crippen LogP contribution in [0.25, 0.3) is 0 Å². The maximum Gasteiger partial charge on any atom is 0.162 e. The van der Waals surface area contributed by atoms with Crippen LogP contribution in [0, 0.1) is 5.92 Å². The van der Waals surface area contributed by atoms with E-state index in [0.717, 1.165) is 43.4 Å². The van der Waals surface area contributed by atoms with Crippen molar-refractivity contribution in [1.29, 1.82) is 0 Å². The van der Waals surface area contributed by atoms with Crippen LogP contribution >= 0.6 is 11.8 Å². The number of hydrogen-bond acceptors (Lipinski definition) is 4. The van der Waals surface area contributed by atoms with Gasteiger partial charge in [-0.1, -0.05) is 20.8 Å². The highest BCUT2D eigenvalue weighted by atomic mass is 32.2. The van der Waals surface area contributed by atoms with Crippen molar-refractivity contribution in [1.82, 2.24) is 5.32 Å². The standard InChI is InChI=1S/C16H25NO2S/c1-4-17-14(12(2)3)11-20-13-6-7-15-16(10-13)19-9-5-8-18-15/h6-7,10,12,14,17H,4-5,8-9,11H2,1-3H3. The number of ether oxygens (including phenoxy) is 2. The molecule has 3 nitrogen and oxygen atoms in total. The molecular weight excluding hydrogens is 270 g/mol. The third kappa shape index (κ3) is 4.32. The molecule has 0 aliphatic carbocycles. The normalized spacial score (nSPS) is 16.0. The van der Waals surface area contributed by atoms with Gasteiger partial charge in [0.2, 0.25) is 0 Å². The van der Waals surface area contributed by atoms with Crippen molar-refractivity contribution in [3.05, 3.63) is 18.2 Å². The molecule has 1 heterocycles. The van der Waals surface area contributed by atoms with Gasteiger partial charge in [0.05, 0.1) is 13.2 Å². The Morgan fingerprint density at radius 1 is 1.20 bits per heavy atom. The summed E-state index contributed by atoms with van der Waals surface area (Å²) in [5, 5.41) is 3.55. The Hall–Kier alpha value is -0.870. The van der Waals surface area contributed by atoms with Crippen LogP contribution in [0.15, 0.2) is 23.1 Å². The van der Waals surface area contributed by atoms with E-state index in [0.29, 0.717) is 12.0 Å². The second-order valence-corrected chi connectivity index (χ2v) is 6.47. The van der Waals surface area contributed by atoms with Crippen molar-refractivity contribution < 1.29 is 9.47 Å². The summed E-state index contributed by atoms with van der Waals surface area (Å²) in [6, 6.07) is 6.80. The summed E-state index contributed by atoms with van der Waals surface area (Å²) in [7, 11) is 0. The van der Waals surface area contributed by atoms with Gasteiger partial charge >= 0.3 is 0 Å². The van der Waals surface area contributed by atoms with Crippen molar-refractivity contribution in [3.63, 3.8) is 0 Å². The number of rotatable bonds is 6. The number of hydrogen-bond donors (Lipinski definition) is 1. The summed E-state index contributed by atoms with van der Waals surface area (Å²) in [6.07, 6.45) is 0.951. The van der Waals surface area contributed by atoms with Gasteiger partial charge < -0.3 is 14.8 Å². The predicted molar refractivity (Wildman–Crippen MR) is 85.1 cm³/mol. The van der Waals surface area contributed by atoms with Crippen LogP contribution in [0.4, 0.5) is 0 Å². The fourth-order valence-electron chi connectivity index (χ4n) is 2.17. The molecule has 1 aliphatic heterocycles. The van der Waals surface area contributed by atoms with E-state index in [1.165, 1.54) is 4.90 Å². The van der Waals surface area contributed by atoms with E-state index >= 15 is 0 Å². The van der Waals surface area contributed by atoms with Crippen molar-refractivity contribution in [2.75, 3.05) is 25.5 Å². The molecule has 112 valence electrons. The second-order valence-electron chi connectivity index (χ2n) is 5.38. The Bertz CT molecular complexity index is 423. The highest BCUT2D eigenvalue weighted by Crippen LogP contribution is 2.34. The zero-order valence-electron chi connectivity index (χ0n) is 12.6. The van der Waals surface area contributed by atoms with Gasteiger partial charge in [-0.3, -0.25) is 0 Å². The Kier molecular flexibility index (Phi) is 6.05. The highest BCUT2D eigenvalue weighted by molar-refractivity contribution is 7.99. The van der Waals surface area contributed by atoms with Gasteiger partial charge in [-0.05, 0) is 30.7 Å². The first-order valence-electron chi connectivity index (χ1n) is 7.46. The SMILES string of the molecule is CCNC(CSc1ccc2c(c1)OCCCO2)C(C)C. The van der Waals surface area contributed by atoms with E-state index in [-0.39, 0.29) is 0 Å². The molecule has 0 bridgehead atoms. The number of thioether (sulfide) groups is 1. The lowest BCUT2D eigenvalue weighted by Gasteiger charge is -2.21. The third-order valence-corrected chi connectivity index (χ3v) is 4.53. The summed E-state index contributed by atoms with van der Waals surface area (Å²) in [5.41, 5.74) is 0. The topological polar surface area (TPSA) is 30.5 Å². The van der Waals surface area contributed by atoms with Gasteiger partial charge in [0.15, 0.2) is 11.5 Å². The second kappa shape index (κ2) is 7.79. The highest BCUT2D eigenvalue weighted by Gasteiger charge is 2.14. The van der Waals surface area contributed by atoms with Crippen LogP contribution in [-0.2, 0) is 0 Å². The lowest BCUT2D eigenvalue weighted by atomic mass is 10.1. The van der Waals surface area contributed by atoms with E-state index in [4.69, 9.17) is 9.47 Å². The molecular formula is C16H25NO2S. The molecule has 1 aromatic rings. The summed E-state index contributed by atoms with van der Waals surface area (Å²) in [6.45, 7) is 9.20. The Morgan fingerprint density at radius 3 is 2.65 bits per heavy atom. The van der Waals surface area contributed by atoms with E-state index in [1.54, 1.807) is 0 Å². The molecule has 4 heteroatoms. The molecule has 0 fully saturated rings. The number of nitrogens with one attached hydrogen (secondary N) is 1. The quantitative estimate of drug-likeness (QED) is 0.813. The molecule has 0 aromatic heterocycles. The van der Waals surface area contributed by atoms with E-state index < -0.39 is 0 Å². The molecule has 0 spiro atoms. The third-order valence-electron chi connectivity index (χ3n) is 3.42. The van der Waals surface area contributed by atoms with Crippen molar-refractivity contribution in [3.8, 4) is 11.5 Å². The minimum Gasteiger partial charge on any atom is -0.490 e. The van der Waals surface area contributed by atoms with Crippen LogP contribution in [0.3, 0.4) is 0 Å². The molecule has 1 atom stereocenters. The van der Waals surface area contributed by atoms with Gasteiger partial charge in [-0.2, -0.15) is 0 Å². The first kappa shape index (κ1) is 15.5. The van der Waals surface area contributed by atoms with Crippen molar-refractivity contribution in [2.24, 2.45) is 5.92 Å². The molecule has 20 heavy (non-hydrogen) atoms. The lowest BCUT2D eigenvalue weighted by Crippen LogP contribution is -2.35. The zero-order chi connectivity index (χ0) is 14.4. The van der Waals surface area contributed by atoms with Crippen LogP contribution in [0.2, 0.25) is 0 Å². The number of benzene rings is 1. The smallest absolute Gasteiger partial charge is 0.162 e. The Balaban J connectivity index is 1.97. The molecule has 1 aliphatic rings. The summed E-state index contributed by atoms with van der Waals surface area (Å²) in [5.74, 6) is 3.48. The Morgan fingerprint density at radius 2 is 1.95 bits per heavy atom. The van der Waals surface area contributed by atoms with E-state index in [9.17, 15) is 0 Å². The largest absolute Gasteiger partial charge is 0.490 e. The average Bonchev–Trinajstić information content (AvgIpc) is 2.67. The maximum absolute atomic E-state index is 5.74. The van der Waals surface area contributed by atoms with E-state index in [2.05, 4.69) is 38.2 Å². The molecule has 1 aromatic carbocycles. The molecule has 0 saturated carbocycles. The molecule has 0 radical (unpaired) electrons. The summed E-state index contributed by atoms with van der Waals surface area (Å²) in [4.78, 5) is 1.25. The van der Waals surface area contributed by atoms with Gasteiger partial charge in [-0.25, -0.2) is 0 Å². The number of fused-ring (bicyclic) bond motifs is 1. The van der Waals surface area contributed by atoms with Crippen LogP contribution in [-0.4, -0.2) is 31.6 Å². The lowest BCUT2D eigenvalue weighted by molar-refractivity contribution is 0.297. The molecule has 1 N–H and O–H groups in total. The van der Waals surface area contributed by atoms with Gasteiger partial charge in [0.25, 0.3) is 0 Å². The average molecular weight is 295 g/mol. The zero-order valence-corrected chi connectivity index (χ0v) is 13.5. The van der Waals surface area contributed by atoms with Crippen molar-refractivity contribution in [2.45, 2.75) is 38.1 Å². The van der Waals surface area contributed by atoms with Gasteiger partial charge in [0.1, 0.15) is 0 Å². The monoisotopic (exact) mass is 295 g/mol. The fourth-order valence-corrected chi connectivity index (χ4v) is 3.40. The summed E-state index contributed by atoms with van der Waals surface area (Å²) >= 11 is 1.88. The van der Waals surface area contributed by atoms with Crippen LogP contribution in [0.5, 0.6) is 11.5 Å². The first-order chi connectivity index (χ1) is 9.70. The minimum absolute atomic E-state index is 0.543. The van der Waals surface area contributed by atoms with E-state index in [1.807, 2.05) is 17.8 Å². The van der Waals surface area contributed by atoms with Gasteiger partial charge in [-0.15, -0.1) is 11.8 Å². The predicted octanol–water partition coefficient (Wildman–Crippen LogP) is 3.57. The Labute approximate surface area is 126 Å². The molecule has 0 saturated heterocycles. The van der Waals surface area contributed by atoms with Crippen LogP contribution < -0.4 is 14.8 Å². The van der Waals surface area contributed by atoms with Gasteiger partial charge in [0, 0.05) is 23.1 Å². The fraction of sp³-hybridized carbons (Fsp3) is 0.625. The molecule has 0 amide bonds. The van der Waals surface area contributed by atoms with Crippen molar-refractivity contribution >= 4 is 11.8 Å². The minimum atomic E-state index is 0.543. The summed E-state index contributed by atoms with van der Waals surface area (Å²) < 4.78 is 11.4. The molecule has 1 unspecified atom stereocenters. The maximum atomic E-state index is 5.74.